The molecular weight excluding hydrogens is 298 g/mol. The largest absolute Gasteiger partial charge is 0.491 e. The minimum atomic E-state index is -0.466. The molecule has 118 valence electrons. The summed E-state index contributed by atoms with van der Waals surface area (Å²) in [6, 6.07) is 9.61. The van der Waals surface area contributed by atoms with Crippen molar-refractivity contribution in [2.45, 2.75) is 6.10 Å². The number of nitrogens with zero attached hydrogens (tertiary/aromatic N) is 3. The highest BCUT2D eigenvalue weighted by atomic mass is 32.1. The third-order valence-electron chi connectivity index (χ3n) is 3.72. The zero-order valence-corrected chi connectivity index (χ0v) is 13.3. The van der Waals surface area contributed by atoms with Crippen LogP contribution in [0.15, 0.2) is 41.9 Å². The predicted molar refractivity (Wildman–Crippen MR) is 88.7 cm³/mol. The summed E-state index contributed by atoms with van der Waals surface area (Å²) < 4.78 is 5.59. The van der Waals surface area contributed by atoms with E-state index in [2.05, 4.69) is 14.8 Å². The van der Waals surface area contributed by atoms with Gasteiger partial charge in [-0.3, -0.25) is 4.90 Å². The highest BCUT2D eigenvalue weighted by Crippen LogP contribution is 2.19. The van der Waals surface area contributed by atoms with E-state index in [0.717, 1.165) is 37.1 Å². The minimum Gasteiger partial charge on any atom is -0.491 e. The van der Waals surface area contributed by atoms with Crippen molar-refractivity contribution in [3.8, 4) is 5.75 Å². The van der Waals surface area contributed by atoms with Crippen LogP contribution in [0.5, 0.6) is 5.75 Å². The summed E-state index contributed by atoms with van der Waals surface area (Å²) in [6.45, 7) is 4.79. The number of para-hydroxylation sites is 1. The van der Waals surface area contributed by atoms with Gasteiger partial charge in [-0.25, -0.2) is 4.98 Å². The number of aliphatic hydroxyl groups is 1. The Morgan fingerprint density at radius 1 is 1.18 bits per heavy atom. The molecule has 1 aromatic heterocycles. The number of piperazine rings is 1. The van der Waals surface area contributed by atoms with E-state index in [1.165, 1.54) is 0 Å². The van der Waals surface area contributed by atoms with Crippen LogP contribution in [0.1, 0.15) is 0 Å². The van der Waals surface area contributed by atoms with Gasteiger partial charge < -0.3 is 14.7 Å². The first kappa shape index (κ1) is 15.3. The van der Waals surface area contributed by atoms with Crippen LogP contribution < -0.4 is 9.64 Å². The third-order valence-corrected chi connectivity index (χ3v) is 4.55. The number of hydrogen-bond donors (Lipinski definition) is 1. The standard InChI is InChI=1S/C16H21N3O2S/c20-14(13-21-15-4-2-1-3-5-15)12-18-7-9-19(10-8-18)16-17-6-11-22-16/h1-6,11,14,20H,7-10,12-13H2/t14-/m1/s1. The van der Waals surface area contributed by atoms with Crippen molar-refractivity contribution in [2.75, 3.05) is 44.2 Å². The molecule has 22 heavy (non-hydrogen) atoms. The van der Waals surface area contributed by atoms with Gasteiger partial charge in [0, 0.05) is 44.3 Å². The molecule has 1 N–H and O–H groups in total. The van der Waals surface area contributed by atoms with Gasteiger partial charge >= 0.3 is 0 Å². The topological polar surface area (TPSA) is 48.8 Å². The maximum Gasteiger partial charge on any atom is 0.185 e. The van der Waals surface area contributed by atoms with Gasteiger partial charge in [-0.05, 0) is 12.1 Å². The lowest BCUT2D eigenvalue weighted by atomic mass is 10.2. The first-order valence-electron chi connectivity index (χ1n) is 7.54. The van der Waals surface area contributed by atoms with Gasteiger partial charge in [0.2, 0.25) is 0 Å². The predicted octanol–water partition coefficient (Wildman–Crippen LogP) is 1.71. The monoisotopic (exact) mass is 319 g/mol. The summed E-state index contributed by atoms with van der Waals surface area (Å²) in [4.78, 5) is 8.93. The lowest BCUT2D eigenvalue weighted by molar-refractivity contribution is 0.0663. The fourth-order valence-corrected chi connectivity index (χ4v) is 3.25. The number of aromatic nitrogens is 1. The summed E-state index contributed by atoms with van der Waals surface area (Å²) >= 11 is 1.68. The minimum absolute atomic E-state index is 0.330. The van der Waals surface area contributed by atoms with Crippen molar-refractivity contribution in [2.24, 2.45) is 0 Å². The molecule has 1 aliphatic heterocycles. The van der Waals surface area contributed by atoms with Crippen LogP contribution in [-0.4, -0.2) is 60.4 Å². The number of rotatable bonds is 6. The fourth-order valence-electron chi connectivity index (χ4n) is 2.55. The lowest BCUT2D eigenvalue weighted by Crippen LogP contribution is -2.49. The molecule has 0 radical (unpaired) electrons. The lowest BCUT2D eigenvalue weighted by Gasteiger charge is -2.35. The Balaban J connectivity index is 1.39. The second-order valence-corrected chi connectivity index (χ2v) is 6.25. The molecule has 2 heterocycles. The van der Waals surface area contributed by atoms with Crippen LogP contribution in [0, 0.1) is 0 Å². The van der Waals surface area contributed by atoms with Gasteiger partial charge in [-0.2, -0.15) is 0 Å². The normalized spacial score (nSPS) is 17.4. The van der Waals surface area contributed by atoms with Gasteiger partial charge in [0.1, 0.15) is 18.5 Å². The Kier molecular flexibility index (Phi) is 5.26. The maximum atomic E-state index is 10.1. The first-order chi connectivity index (χ1) is 10.8. The first-order valence-corrected chi connectivity index (χ1v) is 8.42. The molecule has 0 amide bonds. The van der Waals surface area contributed by atoms with Crippen LogP contribution in [0.3, 0.4) is 0 Å². The van der Waals surface area contributed by atoms with Crippen molar-refractivity contribution in [3.63, 3.8) is 0 Å². The van der Waals surface area contributed by atoms with E-state index >= 15 is 0 Å². The molecule has 1 saturated heterocycles. The molecule has 6 heteroatoms. The summed E-state index contributed by atoms with van der Waals surface area (Å²) in [5.41, 5.74) is 0. The van der Waals surface area contributed by atoms with Crippen molar-refractivity contribution in [3.05, 3.63) is 41.9 Å². The number of ether oxygens (including phenoxy) is 1. The number of β-amino-alcohol motifs (C(OH)–C–C–N with tert-alkyl or cyclic N) is 1. The zero-order valence-electron chi connectivity index (χ0n) is 12.5. The Hall–Kier alpha value is -1.63. The van der Waals surface area contributed by atoms with Gasteiger partial charge in [0.05, 0.1) is 0 Å². The summed E-state index contributed by atoms with van der Waals surface area (Å²) in [5, 5.41) is 13.2. The van der Waals surface area contributed by atoms with Crippen molar-refractivity contribution < 1.29 is 9.84 Å². The van der Waals surface area contributed by atoms with Crippen molar-refractivity contribution >= 4 is 16.5 Å². The molecule has 0 aliphatic carbocycles. The van der Waals surface area contributed by atoms with E-state index in [0.29, 0.717) is 13.2 Å². The van der Waals surface area contributed by atoms with E-state index in [-0.39, 0.29) is 0 Å². The molecule has 0 spiro atoms. The van der Waals surface area contributed by atoms with Crippen LogP contribution in [0.2, 0.25) is 0 Å². The Labute approximate surface area is 134 Å². The second-order valence-electron chi connectivity index (χ2n) is 5.38. The van der Waals surface area contributed by atoms with Crippen LogP contribution in [-0.2, 0) is 0 Å². The quantitative estimate of drug-likeness (QED) is 0.878. The SMILES string of the molecule is O[C@@H](COc1ccccc1)CN1CCN(c2nccs2)CC1. The zero-order chi connectivity index (χ0) is 15.2. The van der Waals surface area contributed by atoms with E-state index in [1.807, 2.05) is 41.9 Å². The van der Waals surface area contributed by atoms with Gasteiger partial charge in [-0.1, -0.05) is 18.2 Å². The summed E-state index contributed by atoms with van der Waals surface area (Å²) in [6.07, 6.45) is 1.38. The van der Waals surface area contributed by atoms with Crippen LogP contribution in [0.25, 0.3) is 0 Å². The molecule has 3 rings (SSSR count). The van der Waals surface area contributed by atoms with Crippen molar-refractivity contribution in [1.82, 2.24) is 9.88 Å². The molecule has 0 saturated carbocycles. The van der Waals surface area contributed by atoms with E-state index in [9.17, 15) is 5.11 Å². The molecule has 1 atom stereocenters. The van der Waals surface area contributed by atoms with Crippen LogP contribution >= 0.6 is 11.3 Å². The molecular formula is C16H21N3O2S. The number of benzene rings is 1. The number of thiazole rings is 1. The van der Waals surface area contributed by atoms with Gasteiger partial charge in [0.25, 0.3) is 0 Å². The average Bonchev–Trinajstić information content (AvgIpc) is 3.09. The highest BCUT2D eigenvalue weighted by Gasteiger charge is 2.20. The maximum absolute atomic E-state index is 10.1. The van der Waals surface area contributed by atoms with Gasteiger partial charge in [-0.15, -0.1) is 11.3 Å². The van der Waals surface area contributed by atoms with E-state index < -0.39 is 6.10 Å². The smallest absolute Gasteiger partial charge is 0.185 e. The molecule has 0 unspecified atom stereocenters. The Morgan fingerprint density at radius 2 is 1.95 bits per heavy atom. The van der Waals surface area contributed by atoms with Gasteiger partial charge in [0.15, 0.2) is 5.13 Å². The third kappa shape index (κ3) is 4.19. The summed E-state index contributed by atoms with van der Waals surface area (Å²) in [7, 11) is 0. The number of hydrogen-bond acceptors (Lipinski definition) is 6. The number of anilines is 1. The molecule has 5 nitrogen and oxygen atoms in total. The second kappa shape index (κ2) is 7.58. The Bertz CT molecular complexity index is 542. The molecule has 1 aliphatic rings. The number of aliphatic hydroxyl groups excluding tert-OH is 1. The summed E-state index contributed by atoms with van der Waals surface area (Å²) in [5.74, 6) is 0.801. The van der Waals surface area contributed by atoms with E-state index in [1.54, 1.807) is 11.3 Å². The van der Waals surface area contributed by atoms with Crippen LogP contribution in [0.4, 0.5) is 5.13 Å². The molecule has 0 bridgehead atoms. The molecule has 1 aromatic carbocycles. The van der Waals surface area contributed by atoms with Crippen molar-refractivity contribution in [1.29, 1.82) is 0 Å². The molecule has 2 aromatic rings. The Morgan fingerprint density at radius 3 is 2.64 bits per heavy atom. The average molecular weight is 319 g/mol. The highest BCUT2D eigenvalue weighted by molar-refractivity contribution is 7.13. The molecule has 1 fully saturated rings. The van der Waals surface area contributed by atoms with E-state index in [4.69, 9.17) is 4.74 Å². The fraction of sp³-hybridized carbons (Fsp3) is 0.438.